The van der Waals surface area contributed by atoms with Crippen LogP contribution in [0.4, 0.5) is 5.69 Å². The molecule has 0 saturated heterocycles. The number of hydrogen-bond donors (Lipinski definition) is 1. The molecule has 0 atom stereocenters. The quantitative estimate of drug-likeness (QED) is 0.684. The van der Waals surface area contributed by atoms with Gasteiger partial charge < -0.3 is 15.2 Å². The molecule has 6 heteroatoms. The van der Waals surface area contributed by atoms with Gasteiger partial charge in [-0.05, 0) is 41.1 Å². The lowest BCUT2D eigenvalue weighted by molar-refractivity contribution is 0.0523. The number of aromatic nitrogens is 1. The zero-order valence-electron chi connectivity index (χ0n) is 10.8. The first-order valence-corrected chi connectivity index (χ1v) is 6.75. The molecular weight excluding hydrogens is 324 g/mol. The van der Waals surface area contributed by atoms with Crippen molar-refractivity contribution in [2.75, 3.05) is 12.3 Å². The minimum absolute atomic E-state index is 0.269. The molecule has 0 amide bonds. The molecule has 0 fully saturated rings. The van der Waals surface area contributed by atoms with Crippen molar-refractivity contribution < 1.29 is 14.3 Å². The van der Waals surface area contributed by atoms with Crippen molar-refractivity contribution in [2.24, 2.45) is 0 Å². The number of nitrogen functional groups attached to an aromatic ring is 1. The van der Waals surface area contributed by atoms with E-state index >= 15 is 0 Å². The minimum atomic E-state index is -0.474. The van der Waals surface area contributed by atoms with E-state index in [1.165, 1.54) is 6.20 Å². The molecule has 0 aliphatic carbocycles. The number of nitrogens with two attached hydrogens (primary N) is 1. The van der Waals surface area contributed by atoms with Crippen LogP contribution in [0.2, 0.25) is 0 Å². The standard InChI is InChI=1S/C14H13BrN2O3/c1-2-19-14(18)11-4-3-5-12(16)13(11)20-10-6-9(15)7-17-8-10/h3-8H,2,16H2,1H3. The number of esters is 1. The van der Waals surface area contributed by atoms with Crippen LogP contribution >= 0.6 is 15.9 Å². The van der Waals surface area contributed by atoms with Crippen molar-refractivity contribution in [3.05, 3.63) is 46.7 Å². The molecule has 0 spiro atoms. The number of para-hydroxylation sites is 1. The van der Waals surface area contributed by atoms with Crippen LogP contribution in [0.1, 0.15) is 17.3 Å². The summed E-state index contributed by atoms with van der Waals surface area (Å²) in [5.41, 5.74) is 6.52. The van der Waals surface area contributed by atoms with E-state index in [2.05, 4.69) is 20.9 Å². The predicted octanol–water partition coefficient (Wildman–Crippen LogP) is 3.40. The Morgan fingerprint density at radius 3 is 2.90 bits per heavy atom. The molecule has 2 N–H and O–H groups in total. The Morgan fingerprint density at radius 1 is 1.40 bits per heavy atom. The predicted molar refractivity (Wildman–Crippen MR) is 78.8 cm³/mol. The first kappa shape index (κ1) is 14.3. The first-order valence-electron chi connectivity index (χ1n) is 5.96. The van der Waals surface area contributed by atoms with Crippen molar-refractivity contribution in [3.8, 4) is 11.5 Å². The Labute approximate surface area is 124 Å². The number of nitrogens with zero attached hydrogens (tertiary/aromatic N) is 1. The summed E-state index contributed by atoms with van der Waals surface area (Å²) < 4.78 is 11.4. The molecule has 104 valence electrons. The normalized spacial score (nSPS) is 10.1. The topological polar surface area (TPSA) is 74.4 Å². The van der Waals surface area contributed by atoms with Gasteiger partial charge in [-0.15, -0.1) is 0 Å². The average Bonchev–Trinajstić information content (AvgIpc) is 2.41. The second-order valence-electron chi connectivity index (χ2n) is 3.89. The summed E-state index contributed by atoms with van der Waals surface area (Å²) in [5, 5.41) is 0. The van der Waals surface area contributed by atoms with Gasteiger partial charge in [0.15, 0.2) is 5.75 Å². The molecule has 0 unspecified atom stereocenters. The SMILES string of the molecule is CCOC(=O)c1cccc(N)c1Oc1cncc(Br)c1. The van der Waals surface area contributed by atoms with Crippen LogP contribution in [-0.4, -0.2) is 17.6 Å². The average molecular weight is 337 g/mol. The van der Waals surface area contributed by atoms with Crippen molar-refractivity contribution in [3.63, 3.8) is 0 Å². The summed E-state index contributed by atoms with van der Waals surface area (Å²) in [6.45, 7) is 2.02. The summed E-state index contributed by atoms with van der Waals surface area (Å²) >= 11 is 3.30. The van der Waals surface area contributed by atoms with Crippen LogP contribution in [-0.2, 0) is 4.74 Å². The van der Waals surface area contributed by atoms with E-state index in [1.807, 2.05) is 0 Å². The third kappa shape index (κ3) is 3.27. The highest BCUT2D eigenvalue weighted by atomic mass is 79.9. The Kier molecular flexibility index (Phi) is 4.57. The summed E-state index contributed by atoms with van der Waals surface area (Å²) in [7, 11) is 0. The molecular formula is C14H13BrN2O3. The van der Waals surface area contributed by atoms with E-state index < -0.39 is 5.97 Å². The Balaban J connectivity index is 2.37. The Hall–Kier alpha value is -2.08. The number of carbonyl (C=O) groups excluding carboxylic acids is 1. The smallest absolute Gasteiger partial charge is 0.342 e. The highest BCUT2D eigenvalue weighted by Crippen LogP contribution is 2.32. The fourth-order valence-corrected chi connectivity index (χ4v) is 1.95. The zero-order chi connectivity index (χ0) is 14.5. The second-order valence-corrected chi connectivity index (χ2v) is 4.80. The fourth-order valence-electron chi connectivity index (χ4n) is 1.60. The summed E-state index contributed by atoms with van der Waals surface area (Å²) in [6.07, 6.45) is 3.17. The summed E-state index contributed by atoms with van der Waals surface area (Å²) in [5.74, 6) is 0.270. The molecule has 1 aromatic heterocycles. The van der Waals surface area contributed by atoms with E-state index in [-0.39, 0.29) is 17.9 Å². The molecule has 5 nitrogen and oxygen atoms in total. The van der Waals surface area contributed by atoms with Crippen LogP contribution < -0.4 is 10.5 Å². The van der Waals surface area contributed by atoms with Crippen molar-refractivity contribution in [1.82, 2.24) is 4.98 Å². The van der Waals surface area contributed by atoms with Crippen LogP contribution in [0.15, 0.2) is 41.1 Å². The summed E-state index contributed by atoms with van der Waals surface area (Å²) in [6, 6.07) is 6.67. The van der Waals surface area contributed by atoms with Crippen LogP contribution in [0, 0.1) is 0 Å². The van der Waals surface area contributed by atoms with E-state index in [9.17, 15) is 4.79 Å². The minimum Gasteiger partial charge on any atom is -0.462 e. The molecule has 0 bridgehead atoms. The molecule has 1 aromatic carbocycles. The fraction of sp³-hybridized carbons (Fsp3) is 0.143. The Morgan fingerprint density at radius 2 is 2.20 bits per heavy atom. The molecule has 2 rings (SSSR count). The Bertz CT molecular complexity index is 632. The maximum absolute atomic E-state index is 11.9. The van der Waals surface area contributed by atoms with E-state index in [4.69, 9.17) is 15.2 Å². The van der Waals surface area contributed by atoms with Crippen LogP contribution in [0.5, 0.6) is 11.5 Å². The summed E-state index contributed by atoms with van der Waals surface area (Å²) in [4.78, 5) is 15.9. The highest BCUT2D eigenvalue weighted by molar-refractivity contribution is 9.10. The van der Waals surface area contributed by atoms with Gasteiger partial charge in [0.25, 0.3) is 0 Å². The lowest BCUT2D eigenvalue weighted by atomic mass is 10.1. The number of benzene rings is 1. The van der Waals surface area contributed by atoms with Crippen molar-refractivity contribution in [2.45, 2.75) is 6.92 Å². The van der Waals surface area contributed by atoms with Gasteiger partial charge in [0.05, 0.1) is 18.5 Å². The number of carbonyl (C=O) groups is 1. The third-order valence-corrected chi connectivity index (χ3v) is 2.87. The number of anilines is 1. The van der Waals surface area contributed by atoms with Crippen LogP contribution in [0.3, 0.4) is 0 Å². The van der Waals surface area contributed by atoms with Gasteiger partial charge in [-0.3, -0.25) is 4.98 Å². The van der Waals surface area contributed by atoms with Gasteiger partial charge in [0.1, 0.15) is 11.3 Å². The van der Waals surface area contributed by atoms with E-state index in [0.29, 0.717) is 11.4 Å². The zero-order valence-corrected chi connectivity index (χ0v) is 12.4. The van der Waals surface area contributed by atoms with Gasteiger partial charge in [0.2, 0.25) is 0 Å². The molecule has 1 heterocycles. The van der Waals surface area contributed by atoms with E-state index in [0.717, 1.165) is 4.47 Å². The number of ether oxygens (including phenoxy) is 2. The largest absolute Gasteiger partial charge is 0.462 e. The third-order valence-electron chi connectivity index (χ3n) is 2.44. The van der Waals surface area contributed by atoms with Crippen molar-refractivity contribution in [1.29, 1.82) is 0 Å². The molecule has 20 heavy (non-hydrogen) atoms. The molecule has 0 saturated carbocycles. The number of halogens is 1. The lowest BCUT2D eigenvalue weighted by Crippen LogP contribution is -2.08. The maximum Gasteiger partial charge on any atom is 0.342 e. The first-order chi connectivity index (χ1) is 9.61. The molecule has 2 aromatic rings. The van der Waals surface area contributed by atoms with Crippen LogP contribution in [0.25, 0.3) is 0 Å². The van der Waals surface area contributed by atoms with Gasteiger partial charge in [-0.1, -0.05) is 6.07 Å². The lowest BCUT2D eigenvalue weighted by Gasteiger charge is -2.12. The van der Waals surface area contributed by atoms with Gasteiger partial charge in [-0.25, -0.2) is 4.79 Å². The highest BCUT2D eigenvalue weighted by Gasteiger charge is 2.17. The monoisotopic (exact) mass is 336 g/mol. The van der Waals surface area contributed by atoms with Crippen molar-refractivity contribution >= 4 is 27.6 Å². The van der Waals surface area contributed by atoms with Gasteiger partial charge in [0, 0.05) is 10.7 Å². The van der Waals surface area contributed by atoms with Gasteiger partial charge >= 0.3 is 5.97 Å². The maximum atomic E-state index is 11.9. The second kappa shape index (κ2) is 6.38. The van der Waals surface area contributed by atoms with E-state index in [1.54, 1.807) is 37.4 Å². The van der Waals surface area contributed by atoms with Gasteiger partial charge in [-0.2, -0.15) is 0 Å². The number of hydrogen-bond acceptors (Lipinski definition) is 5. The molecule has 0 aliphatic heterocycles. The number of pyridine rings is 1. The number of rotatable bonds is 4. The molecule has 0 radical (unpaired) electrons. The molecule has 0 aliphatic rings.